The third-order valence-electron chi connectivity index (χ3n) is 2.61. The topological polar surface area (TPSA) is 0 Å². The molecule has 0 nitrogen and oxygen atoms in total. The van der Waals surface area contributed by atoms with Crippen LogP contribution in [0.3, 0.4) is 0 Å². The second-order valence-electron chi connectivity index (χ2n) is 3.55. The van der Waals surface area contributed by atoms with Crippen molar-refractivity contribution in [3.05, 3.63) is 60.7 Å². The molecule has 1 heteroatoms. The summed E-state index contributed by atoms with van der Waals surface area (Å²) in [4.78, 5) is 0. The average Bonchev–Trinajstić information content (AvgIpc) is 2.26. The Balaban J connectivity index is 0.000000853. The summed E-state index contributed by atoms with van der Waals surface area (Å²) in [6.07, 6.45) is 0. The van der Waals surface area contributed by atoms with Gasteiger partial charge in [0.2, 0.25) is 0 Å². The first-order valence-corrected chi connectivity index (χ1v) is 4.81. The quantitative estimate of drug-likeness (QED) is 0.370. The van der Waals surface area contributed by atoms with Crippen LogP contribution < -0.4 is 0 Å². The summed E-state index contributed by atoms with van der Waals surface area (Å²) < 4.78 is 0. The predicted molar refractivity (Wildman–Crippen MR) is 67.2 cm³/mol. The number of benzene rings is 3. The van der Waals surface area contributed by atoms with Crippen molar-refractivity contribution in [3.63, 3.8) is 0 Å². The molecule has 0 aromatic heterocycles. The van der Waals surface area contributed by atoms with Gasteiger partial charge in [0, 0.05) is 18.9 Å². The summed E-state index contributed by atoms with van der Waals surface area (Å²) in [7, 11) is 0. The van der Waals surface area contributed by atoms with E-state index < -0.39 is 0 Å². The molecule has 0 N–H and O–H groups in total. The Morgan fingerprint density at radius 2 is 0.733 bits per heavy atom. The van der Waals surface area contributed by atoms with Crippen LogP contribution in [0.1, 0.15) is 0 Å². The van der Waals surface area contributed by atoms with E-state index in [9.17, 15) is 0 Å². The maximum atomic E-state index is 2.24. The summed E-state index contributed by atoms with van der Waals surface area (Å²) in [5, 5.41) is 5.25. The summed E-state index contributed by atoms with van der Waals surface area (Å²) in [6.45, 7) is 0. The molecule has 0 unspecified atom stereocenters. The van der Waals surface area contributed by atoms with Gasteiger partial charge >= 0.3 is 0 Å². The Bertz CT molecular complexity index is 494. The zero-order valence-electron chi connectivity index (χ0n) is 8.77. The van der Waals surface area contributed by atoms with E-state index >= 15 is 0 Å². The van der Waals surface area contributed by atoms with E-state index in [0.29, 0.717) is 0 Å². The van der Waals surface area contributed by atoms with Crippen molar-refractivity contribution < 1.29 is 0 Å². The third kappa shape index (κ3) is 1.79. The molecule has 15 heavy (non-hydrogen) atoms. The zero-order valence-corrected chi connectivity index (χ0v) is 8.77. The van der Waals surface area contributed by atoms with E-state index in [1.54, 1.807) is 0 Å². The van der Waals surface area contributed by atoms with Crippen LogP contribution in [0.4, 0.5) is 0 Å². The number of fused-ring (bicyclic) bond motifs is 2. The van der Waals surface area contributed by atoms with E-state index in [1.165, 1.54) is 21.5 Å². The molecule has 3 aromatic rings. The van der Waals surface area contributed by atoms with Crippen molar-refractivity contribution in [1.82, 2.24) is 0 Å². The SMILES string of the molecule is [Li].c1ccc2cc3ccccc3cc2c1. The first-order chi connectivity index (χ1) is 6.93. The van der Waals surface area contributed by atoms with Crippen molar-refractivity contribution in [3.8, 4) is 0 Å². The third-order valence-corrected chi connectivity index (χ3v) is 2.61. The van der Waals surface area contributed by atoms with Crippen molar-refractivity contribution >= 4 is 40.4 Å². The number of rotatable bonds is 0. The summed E-state index contributed by atoms with van der Waals surface area (Å²) in [5.74, 6) is 0. The van der Waals surface area contributed by atoms with Crippen LogP contribution in [-0.4, -0.2) is 18.9 Å². The van der Waals surface area contributed by atoms with E-state index in [4.69, 9.17) is 0 Å². The molecule has 1 radical (unpaired) electrons. The zero-order chi connectivity index (χ0) is 9.38. The van der Waals surface area contributed by atoms with Gasteiger partial charge in [0.1, 0.15) is 0 Å². The van der Waals surface area contributed by atoms with E-state index in [-0.39, 0.29) is 18.9 Å². The van der Waals surface area contributed by atoms with Gasteiger partial charge in [0.25, 0.3) is 0 Å². The van der Waals surface area contributed by atoms with Gasteiger partial charge in [-0.1, -0.05) is 48.5 Å². The van der Waals surface area contributed by atoms with E-state index in [2.05, 4.69) is 60.7 Å². The molecule has 0 spiro atoms. The molecule has 0 saturated heterocycles. The second kappa shape index (κ2) is 4.11. The Hall–Kier alpha value is -1.22. The van der Waals surface area contributed by atoms with Gasteiger partial charge < -0.3 is 0 Å². The maximum absolute atomic E-state index is 2.24. The van der Waals surface area contributed by atoms with Crippen molar-refractivity contribution in [2.45, 2.75) is 0 Å². The monoisotopic (exact) mass is 185 g/mol. The van der Waals surface area contributed by atoms with Crippen LogP contribution in [-0.2, 0) is 0 Å². The van der Waals surface area contributed by atoms with Gasteiger partial charge in [0.05, 0.1) is 0 Å². The molecule has 0 aliphatic rings. The summed E-state index contributed by atoms with van der Waals surface area (Å²) in [6, 6.07) is 21.4. The smallest absolute Gasteiger partial charge is 0 e. The molecule has 3 aromatic carbocycles. The van der Waals surface area contributed by atoms with Gasteiger partial charge in [0.15, 0.2) is 0 Å². The van der Waals surface area contributed by atoms with E-state index in [1.807, 2.05) is 0 Å². The van der Waals surface area contributed by atoms with Gasteiger partial charge in [-0.3, -0.25) is 0 Å². The van der Waals surface area contributed by atoms with Crippen LogP contribution in [0.2, 0.25) is 0 Å². The standard InChI is InChI=1S/C14H10.Li/c1-2-6-12-10-14-8-4-3-7-13(14)9-11(12)5-1;/h1-10H;. The summed E-state index contributed by atoms with van der Waals surface area (Å²) >= 11 is 0. The van der Waals surface area contributed by atoms with Crippen LogP contribution in [0, 0.1) is 0 Å². The molecule has 0 bridgehead atoms. The number of hydrogen-bond donors (Lipinski definition) is 0. The first kappa shape index (κ1) is 10.3. The van der Waals surface area contributed by atoms with Crippen LogP contribution in [0.15, 0.2) is 60.7 Å². The van der Waals surface area contributed by atoms with Gasteiger partial charge in [-0.05, 0) is 33.7 Å². The van der Waals surface area contributed by atoms with Crippen LogP contribution in [0.5, 0.6) is 0 Å². The number of hydrogen-bond acceptors (Lipinski definition) is 0. The van der Waals surface area contributed by atoms with Crippen LogP contribution >= 0.6 is 0 Å². The van der Waals surface area contributed by atoms with E-state index in [0.717, 1.165) is 0 Å². The minimum Gasteiger partial charge on any atom is -0.0616 e. The Kier molecular flexibility index (Phi) is 2.82. The molecule has 0 aliphatic heterocycles. The normalized spacial score (nSPS) is 10.1. The predicted octanol–water partition coefficient (Wildman–Crippen LogP) is 3.61. The van der Waals surface area contributed by atoms with Gasteiger partial charge in [-0.15, -0.1) is 0 Å². The molecule has 67 valence electrons. The Morgan fingerprint density at radius 1 is 0.467 bits per heavy atom. The molecular weight excluding hydrogens is 175 g/mol. The van der Waals surface area contributed by atoms with Gasteiger partial charge in [-0.25, -0.2) is 0 Å². The molecular formula is C14H10Li. The average molecular weight is 185 g/mol. The fourth-order valence-electron chi connectivity index (χ4n) is 1.88. The molecule has 0 saturated carbocycles. The Labute approximate surface area is 101 Å². The maximum Gasteiger partial charge on any atom is 0 e. The van der Waals surface area contributed by atoms with Crippen molar-refractivity contribution in [1.29, 1.82) is 0 Å². The Morgan fingerprint density at radius 3 is 1.00 bits per heavy atom. The molecule has 0 fully saturated rings. The van der Waals surface area contributed by atoms with Crippen molar-refractivity contribution in [2.75, 3.05) is 0 Å². The largest absolute Gasteiger partial charge is 0.0616 e. The molecule has 0 amide bonds. The summed E-state index contributed by atoms with van der Waals surface area (Å²) in [5.41, 5.74) is 0. The fourth-order valence-corrected chi connectivity index (χ4v) is 1.88. The minimum absolute atomic E-state index is 0. The first-order valence-electron chi connectivity index (χ1n) is 4.81. The molecule has 3 rings (SSSR count). The van der Waals surface area contributed by atoms with Crippen molar-refractivity contribution in [2.24, 2.45) is 0 Å². The van der Waals surface area contributed by atoms with Gasteiger partial charge in [-0.2, -0.15) is 0 Å². The molecule has 0 atom stereocenters. The molecule has 0 heterocycles. The minimum atomic E-state index is 0. The fraction of sp³-hybridized carbons (Fsp3) is 0. The van der Waals surface area contributed by atoms with Crippen LogP contribution in [0.25, 0.3) is 21.5 Å². The second-order valence-corrected chi connectivity index (χ2v) is 3.55. The molecule has 0 aliphatic carbocycles.